The van der Waals surface area contributed by atoms with E-state index in [1.807, 2.05) is 59.9 Å². The first-order valence-corrected chi connectivity index (χ1v) is 9.98. The number of amides is 1. The van der Waals surface area contributed by atoms with E-state index in [-0.39, 0.29) is 17.6 Å². The SMILES string of the molecule is CC(C)(C)OC(=O)N1CCN(Cc2noc(C(C)(C)C)n2)C(c2cccnc2)C1. The molecule has 0 N–H and O–H groups in total. The van der Waals surface area contributed by atoms with Gasteiger partial charge in [0.1, 0.15) is 5.60 Å². The zero-order valence-electron chi connectivity index (χ0n) is 18.2. The summed E-state index contributed by atoms with van der Waals surface area (Å²) in [5.41, 5.74) is 0.329. The van der Waals surface area contributed by atoms with Crippen LogP contribution in [0, 0.1) is 0 Å². The molecular weight excluding hydrogens is 370 g/mol. The van der Waals surface area contributed by atoms with E-state index in [0.717, 1.165) is 5.56 Å². The van der Waals surface area contributed by atoms with Gasteiger partial charge in [-0.2, -0.15) is 4.98 Å². The first kappa shape index (κ1) is 21.2. The van der Waals surface area contributed by atoms with Gasteiger partial charge in [0.05, 0.1) is 12.6 Å². The van der Waals surface area contributed by atoms with Gasteiger partial charge in [0.25, 0.3) is 0 Å². The second-order valence-corrected chi connectivity index (χ2v) is 9.46. The minimum Gasteiger partial charge on any atom is -0.444 e. The van der Waals surface area contributed by atoms with E-state index in [4.69, 9.17) is 9.26 Å². The van der Waals surface area contributed by atoms with E-state index in [9.17, 15) is 4.79 Å². The van der Waals surface area contributed by atoms with Crippen LogP contribution in [0.3, 0.4) is 0 Å². The largest absolute Gasteiger partial charge is 0.444 e. The Kier molecular flexibility index (Phi) is 5.93. The summed E-state index contributed by atoms with van der Waals surface area (Å²) >= 11 is 0. The van der Waals surface area contributed by atoms with Gasteiger partial charge in [-0.15, -0.1) is 0 Å². The first-order valence-electron chi connectivity index (χ1n) is 9.98. The quantitative estimate of drug-likeness (QED) is 0.777. The van der Waals surface area contributed by atoms with Crippen molar-refractivity contribution < 1.29 is 14.1 Å². The van der Waals surface area contributed by atoms with Gasteiger partial charge in [-0.3, -0.25) is 9.88 Å². The van der Waals surface area contributed by atoms with Gasteiger partial charge in [0.15, 0.2) is 5.82 Å². The number of nitrogens with zero attached hydrogens (tertiary/aromatic N) is 5. The fourth-order valence-electron chi connectivity index (χ4n) is 3.20. The molecule has 3 heterocycles. The van der Waals surface area contributed by atoms with E-state index in [2.05, 4.69) is 20.0 Å². The Hall–Kier alpha value is -2.48. The van der Waals surface area contributed by atoms with E-state index < -0.39 is 5.60 Å². The molecule has 2 aromatic rings. The summed E-state index contributed by atoms with van der Waals surface area (Å²) in [6.45, 7) is 14.1. The minimum atomic E-state index is -0.522. The summed E-state index contributed by atoms with van der Waals surface area (Å²) in [4.78, 5) is 25.4. The Balaban J connectivity index is 1.78. The molecule has 1 aliphatic rings. The maximum absolute atomic E-state index is 12.6. The van der Waals surface area contributed by atoms with Crippen LogP contribution in [0.25, 0.3) is 0 Å². The van der Waals surface area contributed by atoms with Crippen molar-refractivity contribution in [3.8, 4) is 0 Å². The first-order chi connectivity index (χ1) is 13.5. The van der Waals surface area contributed by atoms with E-state index in [1.165, 1.54) is 0 Å². The predicted molar refractivity (Wildman–Crippen MR) is 108 cm³/mol. The highest BCUT2D eigenvalue weighted by molar-refractivity contribution is 5.68. The Morgan fingerprint density at radius 2 is 2.00 bits per heavy atom. The lowest BCUT2D eigenvalue weighted by Gasteiger charge is -2.41. The average molecular weight is 402 g/mol. The monoisotopic (exact) mass is 401 g/mol. The number of hydrogen-bond acceptors (Lipinski definition) is 7. The summed E-state index contributed by atoms with van der Waals surface area (Å²) in [6, 6.07) is 3.91. The molecule has 158 valence electrons. The molecule has 1 fully saturated rings. The molecule has 1 saturated heterocycles. The summed E-state index contributed by atoms with van der Waals surface area (Å²) in [5.74, 6) is 1.27. The number of ether oxygens (including phenoxy) is 1. The van der Waals surface area contributed by atoms with Crippen molar-refractivity contribution >= 4 is 6.09 Å². The summed E-state index contributed by atoms with van der Waals surface area (Å²) in [7, 11) is 0. The van der Waals surface area contributed by atoms with Crippen LogP contribution in [-0.4, -0.2) is 56.3 Å². The highest BCUT2D eigenvalue weighted by Crippen LogP contribution is 2.28. The lowest BCUT2D eigenvalue weighted by atomic mass is 9.97. The van der Waals surface area contributed by atoms with E-state index in [0.29, 0.717) is 37.9 Å². The van der Waals surface area contributed by atoms with Crippen molar-refractivity contribution in [2.45, 2.75) is 65.1 Å². The molecule has 2 aromatic heterocycles. The molecule has 8 heteroatoms. The minimum absolute atomic E-state index is 0.0263. The zero-order valence-corrected chi connectivity index (χ0v) is 18.2. The molecule has 0 radical (unpaired) electrons. The van der Waals surface area contributed by atoms with Gasteiger partial charge in [0.2, 0.25) is 5.89 Å². The molecule has 1 unspecified atom stereocenters. The second-order valence-electron chi connectivity index (χ2n) is 9.46. The number of carbonyl (C=O) groups is 1. The maximum atomic E-state index is 12.6. The number of hydrogen-bond donors (Lipinski definition) is 0. The van der Waals surface area contributed by atoms with E-state index >= 15 is 0 Å². The lowest BCUT2D eigenvalue weighted by molar-refractivity contribution is 0.00150. The van der Waals surface area contributed by atoms with Crippen LogP contribution >= 0.6 is 0 Å². The van der Waals surface area contributed by atoms with Crippen molar-refractivity contribution in [1.29, 1.82) is 0 Å². The number of pyridine rings is 1. The molecule has 3 rings (SSSR count). The van der Waals surface area contributed by atoms with Crippen LogP contribution in [0.15, 0.2) is 29.0 Å². The third kappa shape index (κ3) is 5.53. The highest BCUT2D eigenvalue weighted by atomic mass is 16.6. The second kappa shape index (κ2) is 8.10. The Labute approximate surface area is 172 Å². The molecule has 0 aromatic carbocycles. The number of aromatic nitrogens is 3. The Morgan fingerprint density at radius 1 is 1.24 bits per heavy atom. The topological polar surface area (TPSA) is 84.6 Å². The van der Waals surface area contributed by atoms with Crippen LogP contribution in [-0.2, 0) is 16.7 Å². The van der Waals surface area contributed by atoms with Gasteiger partial charge in [0, 0.05) is 37.4 Å². The van der Waals surface area contributed by atoms with Crippen LogP contribution in [0.1, 0.15) is 64.9 Å². The summed E-state index contributed by atoms with van der Waals surface area (Å²) in [5, 5.41) is 4.16. The highest BCUT2D eigenvalue weighted by Gasteiger charge is 2.34. The third-order valence-corrected chi connectivity index (χ3v) is 4.67. The molecule has 0 spiro atoms. The predicted octanol–water partition coefficient (Wildman–Crippen LogP) is 3.56. The maximum Gasteiger partial charge on any atom is 0.410 e. The number of carbonyl (C=O) groups excluding carboxylic acids is 1. The Bertz CT molecular complexity index is 823. The molecule has 1 amide bonds. The third-order valence-electron chi connectivity index (χ3n) is 4.67. The molecule has 0 aliphatic carbocycles. The molecular formula is C21H31N5O3. The zero-order chi connectivity index (χ0) is 21.2. The number of rotatable bonds is 3. The molecule has 1 aliphatic heterocycles. The van der Waals surface area contributed by atoms with Crippen LogP contribution in [0.2, 0.25) is 0 Å². The van der Waals surface area contributed by atoms with Gasteiger partial charge in [-0.1, -0.05) is 32.0 Å². The van der Waals surface area contributed by atoms with Crippen LogP contribution in [0.5, 0.6) is 0 Å². The molecule has 1 atom stereocenters. The summed E-state index contributed by atoms with van der Waals surface area (Å²) in [6.07, 6.45) is 3.30. The summed E-state index contributed by atoms with van der Waals surface area (Å²) < 4.78 is 11.0. The van der Waals surface area contributed by atoms with Crippen molar-refractivity contribution in [2.24, 2.45) is 0 Å². The van der Waals surface area contributed by atoms with Gasteiger partial charge >= 0.3 is 6.09 Å². The standard InChI is InChI=1S/C21H31N5O3/c1-20(2,3)18-23-17(24-29-18)14-25-10-11-26(19(27)28-21(4,5)6)13-16(25)15-8-7-9-22-12-15/h7-9,12,16H,10-11,13-14H2,1-6H3. The van der Waals surface area contributed by atoms with Crippen molar-refractivity contribution in [1.82, 2.24) is 24.9 Å². The smallest absolute Gasteiger partial charge is 0.410 e. The van der Waals surface area contributed by atoms with E-state index in [1.54, 1.807) is 11.1 Å². The molecule has 29 heavy (non-hydrogen) atoms. The lowest BCUT2D eigenvalue weighted by Crippen LogP contribution is -2.51. The Morgan fingerprint density at radius 3 is 2.59 bits per heavy atom. The molecule has 0 bridgehead atoms. The van der Waals surface area contributed by atoms with Crippen LogP contribution < -0.4 is 0 Å². The van der Waals surface area contributed by atoms with Gasteiger partial charge in [-0.05, 0) is 32.4 Å². The number of piperazine rings is 1. The van der Waals surface area contributed by atoms with Crippen molar-refractivity contribution in [2.75, 3.05) is 19.6 Å². The molecule has 8 nitrogen and oxygen atoms in total. The fourth-order valence-corrected chi connectivity index (χ4v) is 3.20. The van der Waals surface area contributed by atoms with Crippen molar-refractivity contribution in [3.63, 3.8) is 0 Å². The van der Waals surface area contributed by atoms with Gasteiger partial charge in [-0.25, -0.2) is 4.79 Å². The molecule has 0 saturated carbocycles. The van der Waals surface area contributed by atoms with Crippen molar-refractivity contribution in [3.05, 3.63) is 41.8 Å². The van der Waals surface area contributed by atoms with Gasteiger partial charge < -0.3 is 14.2 Å². The average Bonchev–Trinajstić information content (AvgIpc) is 3.10. The van der Waals surface area contributed by atoms with Crippen LogP contribution in [0.4, 0.5) is 4.79 Å². The fraction of sp³-hybridized carbons (Fsp3) is 0.619. The normalized spacial score (nSPS) is 18.7.